The normalized spacial score (nSPS) is 10.7. The molecule has 0 spiro atoms. The van der Waals surface area contributed by atoms with Crippen molar-refractivity contribution in [2.45, 2.75) is 0 Å². The van der Waals surface area contributed by atoms with Gasteiger partial charge in [0.2, 0.25) is 0 Å². The second-order valence-electron chi connectivity index (χ2n) is 3.83. The minimum absolute atomic E-state index is 0.560. The van der Waals surface area contributed by atoms with Crippen LogP contribution in [0.3, 0.4) is 0 Å². The van der Waals surface area contributed by atoms with E-state index in [0.29, 0.717) is 22.2 Å². The predicted molar refractivity (Wildman–Crippen MR) is 70.7 cm³/mol. The molecule has 2 N–H and O–H groups in total. The number of nitrogen functional groups attached to an aromatic ring is 1. The van der Waals surface area contributed by atoms with Crippen molar-refractivity contribution in [1.29, 1.82) is 0 Å². The number of hydrogen-bond donors (Lipinski definition) is 1. The summed E-state index contributed by atoms with van der Waals surface area (Å²) in [4.78, 5) is 0. The van der Waals surface area contributed by atoms with Gasteiger partial charge >= 0.3 is 0 Å². The lowest BCUT2D eigenvalue weighted by atomic mass is 10.3. The zero-order valence-corrected chi connectivity index (χ0v) is 10.1. The number of nitrogens with zero attached hydrogens (tertiary/aromatic N) is 2. The highest BCUT2D eigenvalue weighted by atomic mass is 35.5. The smallest absolute Gasteiger partial charge is 0.156 e. The van der Waals surface area contributed by atoms with E-state index in [0.717, 1.165) is 5.69 Å². The quantitative estimate of drug-likeness (QED) is 0.768. The Labute approximate surface area is 109 Å². The van der Waals surface area contributed by atoms with E-state index < -0.39 is 0 Å². The average molecular weight is 260 g/mol. The van der Waals surface area contributed by atoms with Gasteiger partial charge in [0.25, 0.3) is 0 Å². The van der Waals surface area contributed by atoms with Gasteiger partial charge in [-0.15, -0.1) is 0 Å². The van der Waals surface area contributed by atoms with E-state index >= 15 is 0 Å². The third-order valence-electron chi connectivity index (χ3n) is 2.57. The molecule has 0 atom stereocenters. The zero-order chi connectivity index (χ0) is 12.5. The third kappa shape index (κ3) is 1.87. The summed E-state index contributed by atoms with van der Waals surface area (Å²) in [6.45, 7) is 0. The van der Waals surface area contributed by atoms with Gasteiger partial charge in [-0.1, -0.05) is 17.7 Å². The highest BCUT2D eigenvalue weighted by Crippen LogP contribution is 2.26. The first-order chi connectivity index (χ1) is 8.74. The Kier molecular flexibility index (Phi) is 2.57. The second kappa shape index (κ2) is 4.23. The summed E-state index contributed by atoms with van der Waals surface area (Å²) in [6, 6.07) is 11.0. The minimum atomic E-state index is 0.560. The molecule has 90 valence electrons. The SMILES string of the molecule is Nc1cn(-c2cccc(Cl)c2)nc1-c1ccco1. The standard InChI is InChI=1S/C13H10ClN3O/c14-9-3-1-4-10(7-9)17-8-11(15)13(16-17)12-5-2-6-18-12/h1-8H,15H2. The van der Waals surface area contributed by atoms with Crippen molar-refractivity contribution >= 4 is 17.3 Å². The maximum Gasteiger partial charge on any atom is 0.156 e. The lowest BCUT2D eigenvalue weighted by Gasteiger charge is -2.00. The summed E-state index contributed by atoms with van der Waals surface area (Å²) in [5.41, 5.74) is 7.97. The van der Waals surface area contributed by atoms with E-state index in [2.05, 4.69) is 5.10 Å². The first-order valence-corrected chi connectivity index (χ1v) is 5.77. The van der Waals surface area contributed by atoms with E-state index in [4.69, 9.17) is 21.8 Å². The first kappa shape index (κ1) is 10.9. The first-order valence-electron chi connectivity index (χ1n) is 5.39. The van der Waals surface area contributed by atoms with Gasteiger partial charge < -0.3 is 10.2 Å². The average Bonchev–Trinajstić information content (AvgIpc) is 2.97. The van der Waals surface area contributed by atoms with Gasteiger partial charge in [0.15, 0.2) is 11.5 Å². The molecule has 0 radical (unpaired) electrons. The summed E-state index contributed by atoms with van der Waals surface area (Å²) < 4.78 is 6.97. The molecule has 0 aliphatic heterocycles. The van der Waals surface area contributed by atoms with Crippen molar-refractivity contribution in [1.82, 2.24) is 9.78 Å². The van der Waals surface area contributed by atoms with Crippen LogP contribution in [0.25, 0.3) is 17.1 Å². The molecule has 1 aromatic carbocycles. The molecule has 5 heteroatoms. The van der Waals surface area contributed by atoms with Crippen LogP contribution in [0.4, 0.5) is 5.69 Å². The molecule has 0 fully saturated rings. The fourth-order valence-corrected chi connectivity index (χ4v) is 1.93. The summed E-state index contributed by atoms with van der Waals surface area (Å²) >= 11 is 5.95. The van der Waals surface area contributed by atoms with Crippen molar-refractivity contribution in [3.8, 4) is 17.1 Å². The molecule has 2 aromatic heterocycles. The van der Waals surface area contributed by atoms with Gasteiger partial charge in [-0.2, -0.15) is 5.10 Å². The molecule has 0 saturated carbocycles. The number of nitrogens with two attached hydrogens (primary N) is 1. The van der Waals surface area contributed by atoms with E-state index in [-0.39, 0.29) is 0 Å². The summed E-state index contributed by atoms with van der Waals surface area (Å²) in [6.07, 6.45) is 3.33. The molecule has 3 aromatic rings. The molecule has 3 rings (SSSR count). The van der Waals surface area contributed by atoms with E-state index in [1.54, 1.807) is 23.2 Å². The van der Waals surface area contributed by atoms with Crippen LogP contribution in [0.15, 0.2) is 53.3 Å². The topological polar surface area (TPSA) is 57.0 Å². The maximum absolute atomic E-state index is 5.95. The molecule has 2 heterocycles. The van der Waals surface area contributed by atoms with Gasteiger partial charge in [-0.05, 0) is 30.3 Å². The molecule has 0 aliphatic rings. The monoisotopic (exact) mass is 259 g/mol. The van der Waals surface area contributed by atoms with Crippen molar-refractivity contribution in [2.75, 3.05) is 5.73 Å². The predicted octanol–water partition coefficient (Wildman–Crippen LogP) is 3.37. The Balaban J connectivity index is 2.08. The Morgan fingerprint density at radius 3 is 2.83 bits per heavy atom. The van der Waals surface area contributed by atoms with Crippen LogP contribution >= 0.6 is 11.6 Å². The number of rotatable bonds is 2. The summed E-state index contributed by atoms with van der Waals surface area (Å²) in [7, 11) is 0. The number of furan rings is 1. The van der Waals surface area contributed by atoms with Gasteiger partial charge in [-0.25, -0.2) is 4.68 Å². The van der Waals surface area contributed by atoms with Crippen molar-refractivity contribution < 1.29 is 4.42 Å². The van der Waals surface area contributed by atoms with Crippen LogP contribution in [-0.2, 0) is 0 Å². The number of hydrogen-bond acceptors (Lipinski definition) is 3. The van der Waals surface area contributed by atoms with Crippen LogP contribution in [0, 0.1) is 0 Å². The van der Waals surface area contributed by atoms with Crippen LogP contribution in [0.5, 0.6) is 0 Å². The zero-order valence-electron chi connectivity index (χ0n) is 9.38. The number of benzene rings is 1. The molecule has 4 nitrogen and oxygen atoms in total. The molecule has 0 unspecified atom stereocenters. The Morgan fingerprint density at radius 1 is 1.22 bits per heavy atom. The van der Waals surface area contributed by atoms with E-state index in [9.17, 15) is 0 Å². The van der Waals surface area contributed by atoms with Gasteiger partial charge in [0.05, 0.1) is 23.8 Å². The van der Waals surface area contributed by atoms with Gasteiger partial charge in [-0.3, -0.25) is 0 Å². The Hall–Kier alpha value is -2.20. The molecular weight excluding hydrogens is 250 g/mol. The third-order valence-corrected chi connectivity index (χ3v) is 2.80. The van der Waals surface area contributed by atoms with Gasteiger partial charge in [0.1, 0.15) is 0 Å². The van der Waals surface area contributed by atoms with E-state index in [1.165, 1.54) is 0 Å². The van der Waals surface area contributed by atoms with Crippen LogP contribution in [0.1, 0.15) is 0 Å². The lowest BCUT2D eigenvalue weighted by Crippen LogP contribution is -1.94. The highest BCUT2D eigenvalue weighted by molar-refractivity contribution is 6.30. The molecule has 0 saturated heterocycles. The Bertz CT molecular complexity index is 673. The second-order valence-corrected chi connectivity index (χ2v) is 4.27. The van der Waals surface area contributed by atoms with Gasteiger partial charge in [0, 0.05) is 5.02 Å². The summed E-state index contributed by atoms with van der Waals surface area (Å²) in [5, 5.41) is 5.06. The van der Waals surface area contributed by atoms with Crippen LogP contribution < -0.4 is 5.73 Å². The largest absolute Gasteiger partial charge is 0.463 e. The fourth-order valence-electron chi connectivity index (χ4n) is 1.74. The van der Waals surface area contributed by atoms with Crippen LogP contribution in [-0.4, -0.2) is 9.78 Å². The number of anilines is 1. The minimum Gasteiger partial charge on any atom is -0.463 e. The number of halogens is 1. The van der Waals surface area contributed by atoms with Crippen LogP contribution in [0.2, 0.25) is 5.02 Å². The van der Waals surface area contributed by atoms with Crippen molar-refractivity contribution in [3.63, 3.8) is 0 Å². The molecule has 0 aliphatic carbocycles. The molecule has 18 heavy (non-hydrogen) atoms. The highest BCUT2D eigenvalue weighted by Gasteiger charge is 2.11. The number of aromatic nitrogens is 2. The van der Waals surface area contributed by atoms with Crippen molar-refractivity contribution in [2.24, 2.45) is 0 Å². The maximum atomic E-state index is 5.95. The molecule has 0 bridgehead atoms. The Morgan fingerprint density at radius 2 is 2.11 bits per heavy atom. The van der Waals surface area contributed by atoms with E-state index in [1.807, 2.05) is 30.3 Å². The summed E-state index contributed by atoms with van der Waals surface area (Å²) in [5.74, 6) is 0.647. The molecule has 0 amide bonds. The molecular formula is C13H10ClN3O. The fraction of sp³-hybridized carbons (Fsp3) is 0. The van der Waals surface area contributed by atoms with Crippen molar-refractivity contribution in [3.05, 3.63) is 53.9 Å². The lowest BCUT2D eigenvalue weighted by molar-refractivity contribution is 0.579.